The molecule has 4 fully saturated rings. The smallest absolute Gasteiger partial charge is 0.407 e. The molecule has 2 aliphatic heterocycles. The van der Waals surface area contributed by atoms with E-state index in [1.54, 1.807) is 0 Å². The van der Waals surface area contributed by atoms with Crippen LogP contribution in [0.3, 0.4) is 0 Å². The Morgan fingerprint density at radius 2 is 2.00 bits per heavy atom. The van der Waals surface area contributed by atoms with Gasteiger partial charge in [-0.15, -0.1) is 0 Å². The monoisotopic (exact) mass is 320 g/mol. The van der Waals surface area contributed by atoms with Crippen molar-refractivity contribution in [3.63, 3.8) is 0 Å². The summed E-state index contributed by atoms with van der Waals surface area (Å²) in [4.78, 5) is 26.6. The average Bonchev–Trinajstić information content (AvgIpc) is 2.86. The average molecular weight is 320 g/mol. The third-order valence-electron chi connectivity index (χ3n) is 6.68. The summed E-state index contributed by atoms with van der Waals surface area (Å²) in [6, 6.07) is 0.332. The Labute approximate surface area is 138 Å². The lowest BCUT2D eigenvalue weighted by Crippen LogP contribution is -2.55. The van der Waals surface area contributed by atoms with Crippen LogP contribution < -0.4 is 5.32 Å². The van der Waals surface area contributed by atoms with Crippen molar-refractivity contribution in [2.75, 3.05) is 6.54 Å². The molecule has 5 nitrogen and oxygen atoms in total. The molecule has 0 aromatic carbocycles. The molecule has 2 saturated carbocycles. The van der Waals surface area contributed by atoms with Crippen LogP contribution in [0.2, 0.25) is 0 Å². The molecule has 4 rings (SSSR count). The molecule has 2 aliphatic carbocycles. The molecule has 4 aliphatic rings. The first-order chi connectivity index (χ1) is 11.2. The first kappa shape index (κ1) is 15.3. The van der Waals surface area contributed by atoms with Crippen molar-refractivity contribution in [2.45, 2.75) is 88.3 Å². The zero-order valence-corrected chi connectivity index (χ0v) is 13.9. The highest BCUT2D eigenvalue weighted by atomic mass is 16.6. The molecule has 0 bridgehead atoms. The second-order valence-corrected chi connectivity index (χ2v) is 7.92. The number of hydrogen-bond acceptors (Lipinski definition) is 3. The second-order valence-electron chi connectivity index (χ2n) is 7.92. The van der Waals surface area contributed by atoms with Crippen molar-refractivity contribution >= 4 is 12.0 Å². The number of ether oxygens (including phenoxy) is 1. The summed E-state index contributed by atoms with van der Waals surface area (Å²) in [5.74, 6) is 0.860. The van der Waals surface area contributed by atoms with Gasteiger partial charge in [0.1, 0.15) is 6.10 Å². The summed E-state index contributed by atoms with van der Waals surface area (Å²) in [7, 11) is 0. The van der Waals surface area contributed by atoms with Gasteiger partial charge < -0.3 is 15.0 Å². The Hall–Kier alpha value is -1.26. The van der Waals surface area contributed by atoms with Gasteiger partial charge in [-0.2, -0.15) is 0 Å². The van der Waals surface area contributed by atoms with E-state index in [1.165, 1.54) is 6.42 Å². The molecule has 5 heteroatoms. The van der Waals surface area contributed by atoms with Gasteiger partial charge >= 0.3 is 6.09 Å². The minimum Gasteiger partial charge on any atom is -0.446 e. The topological polar surface area (TPSA) is 58.6 Å². The zero-order chi connectivity index (χ0) is 15.9. The van der Waals surface area contributed by atoms with E-state index in [0.717, 1.165) is 64.3 Å². The van der Waals surface area contributed by atoms with Gasteiger partial charge in [0, 0.05) is 24.5 Å². The van der Waals surface area contributed by atoms with Crippen molar-refractivity contribution in [3.05, 3.63) is 0 Å². The van der Waals surface area contributed by atoms with E-state index in [0.29, 0.717) is 24.3 Å². The maximum Gasteiger partial charge on any atom is 0.407 e. The van der Waals surface area contributed by atoms with E-state index >= 15 is 0 Å². The number of hydrogen-bond donors (Lipinski definition) is 1. The minimum atomic E-state index is -0.233. The Morgan fingerprint density at radius 3 is 2.78 bits per heavy atom. The fourth-order valence-corrected chi connectivity index (χ4v) is 5.26. The third-order valence-corrected chi connectivity index (χ3v) is 6.68. The van der Waals surface area contributed by atoms with E-state index in [2.05, 4.69) is 10.2 Å². The molecule has 23 heavy (non-hydrogen) atoms. The summed E-state index contributed by atoms with van der Waals surface area (Å²) in [6.45, 7) is 0.934. The highest BCUT2D eigenvalue weighted by Crippen LogP contribution is 2.49. The van der Waals surface area contributed by atoms with Crippen molar-refractivity contribution in [3.8, 4) is 0 Å². The normalized spacial score (nSPS) is 37.4. The summed E-state index contributed by atoms with van der Waals surface area (Å²) in [5, 5.41) is 2.97. The molecule has 0 aromatic rings. The Balaban J connectivity index is 1.40. The van der Waals surface area contributed by atoms with Gasteiger partial charge in [0.25, 0.3) is 0 Å². The lowest BCUT2D eigenvalue weighted by molar-refractivity contribution is -0.138. The van der Waals surface area contributed by atoms with Crippen LogP contribution in [0.4, 0.5) is 4.79 Å². The van der Waals surface area contributed by atoms with Crippen LogP contribution >= 0.6 is 0 Å². The number of carbonyl (C=O) groups excluding carboxylic acids is 2. The van der Waals surface area contributed by atoms with Gasteiger partial charge in [0.05, 0.1) is 0 Å². The van der Waals surface area contributed by atoms with E-state index in [-0.39, 0.29) is 17.7 Å². The molecule has 1 spiro atoms. The van der Waals surface area contributed by atoms with Crippen LogP contribution in [0.1, 0.15) is 70.6 Å². The Bertz CT molecular complexity index is 491. The van der Waals surface area contributed by atoms with Crippen molar-refractivity contribution in [1.82, 2.24) is 10.2 Å². The zero-order valence-electron chi connectivity index (χ0n) is 13.9. The van der Waals surface area contributed by atoms with E-state index in [9.17, 15) is 9.59 Å². The molecule has 2 heterocycles. The number of nitrogens with zero attached hydrogens (tertiary/aromatic N) is 1. The van der Waals surface area contributed by atoms with Crippen LogP contribution in [-0.4, -0.2) is 41.1 Å². The molecular weight excluding hydrogens is 292 g/mol. The summed E-state index contributed by atoms with van der Waals surface area (Å²) >= 11 is 0. The second kappa shape index (κ2) is 5.99. The summed E-state index contributed by atoms with van der Waals surface area (Å²) in [5.41, 5.74) is 0.0812. The number of carbonyl (C=O) groups is 2. The van der Waals surface area contributed by atoms with Gasteiger partial charge in [-0.1, -0.05) is 0 Å². The number of amides is 2. The molecular formula is C18H28N2O3. The fourth-order valence-electron chi connectivity index (χ4n) is 5.26. The summed E-state index contributed by atoms with van der Waals surface area (Å²) in [6.07, 6.45) is 11.1. The first-order valence-electron chi connectivity index (χ1n) is 9.45. The van der Waals surface area contributed by atoms with E-state index in [4.69, 9.17) is 4.74 Å². The molecule has 0 aromatic heterocycles. The molecule has 2 saturated heterocycles. The van der Waals surface area contributed by atoms with Crippen molar-refractivity contribution in [2.24, 2.45) is 5.92 Å². The maximum absolute atomic E-state index is 12.4. The number of alkyl carbamates (subject to hydrolysis) is 1. The minimum absolute atomic E-state index is 0.0290. The van der Waals surface area contributed by atoms with Gasteiger partial charge in [-0.05, 0) is 70.1 Å². The van der Waals surface area contributed by atoms with Crippen LogP contribution in [0, 0.1) is 5.92 Å². The predicted octanol–water partition coefficient (Wildman–Crippen LogP) is 2.98. The fraction of sp³-hybridized carbons (Fsp3) is 0.889. The SMILES string of the molecule is O=C(NC1CCC1)O[C@H]1CC[C@@]23CCCN2C(=O)CCC[C@H]3C1. The van der Waals surface area contributed by atoms with E-state index in [1.807, 2.05) is 0 Å². The van der Waals surface area contributed by atoms with Crippen LogP contribution in [0.5, 0.6) is 0 Å². The van der Waals surface area contributed by atoms with Crippen LogP contribution in [0.25, 0.3) is 0 Å². The quantitative estimate of drug-likeness (QED) is 0.851. The number of rotatable bonds is 2. The molecule has 3 atom stereocenters. The van der Waals surface area contributed by atoms with E-state index < -0.39 is 0 Å². The van der Waals surface area contributed by atoms with Crippen LogP contribution in [-0.2, 0) is 9.53 Å². The Morgan fingerprint density at radius 1 is 1.13 bits per heavy atom. The maximum atomic E-state index is 12.4. The summed E-state index contributed by atoms with van der Waals surface area (Å²) < 4.78 is 5.71. The third kappa shape index (κ3) is 2.72. The number of nitrogens with one attached hydrogen (secondary N) is 1. The first-order valence-corrected chi connectivity index (χ1v) is 9.45. The molecule has 0 radical (unpaired) electrons. The van der Waals surface area contributed by atoms with Crippen molar-refractivity contribution in [1.29, 1.82) is 0 Å². The van der Waals surface area contributed by atoms with Gasteiger partial charge in [0.15, 0.2) is 0 Å². The van der Waals surface area contributed by atoms with Crippen molar-refractivity contribution < 1.29 is 14.3 Å². The molecule has 0 unspecified atom stereocenters. The molecule has 2 amide bonds. The standard InChI is InChI=1S/C18H28N2O3/c21-16-7-1-4-13-12-15(23-17(22)19-14-5-2-6-14)8-10-18(13)9-3-11-20(16)18/h13-15H,1-12H2,(H,19,22)/t13-,15-,18+/m0/s1. The molecule has 128 valence electrons. The highest BCUT2D eigenvalue weighted by Gasteiger charge is 2.52. The largest absolute Gasteiger partial charge is 0.446 e. The highest BCUT2D eigenvalue weighted by molar-refractivity contribution is 5.78. The lowest BCUT2D eigenvalue weighted by atomic mass is 9.69. The van der Waals surface area contributed by atoms with Gasteiger partial charge in [-0.3, -0.25) is 4.79 Å². The lowest BCUT2D eigenvalue weighted by Gasteiger charge is -2.48. The van der Waals surface area contributed by atoms with Gasteiger partial charge in [0.2, 0.25) is 5.91 Å². The Kier molecular flexibility index (Phi) is 3.98. The van der Waals surface area contributed by atoms with Gasteiger partial charge in [-0.25, -0.2) is 4.79 Å². The predicted molar refractivity (Wildman–Crippen MR) is 85.9 cm³/mol. The van der Waals surface area contributed by atoms with Crippen LogP contribution in [0.15, 0.2) is 0 Å². The molecule has 1 N–H and O–H groups in total.